The molecule has 0 aromatic heterocycles. The van der Waals surface area contributed by atoms with E-state index in [2.05, 4.69) is 26.0 Å². The number of Topliss-reactive ketones (excluding diaryl/α,β-unsaturated/α-hetero) is 1. The van der Waals surface area contributed by atoms with Crippen molar-refractivity contribution in [3.8, 4) is 0 Å². The number of hydrogen-bond donors (Lipinski definition) is 0. The molecule has 2 amide bonds. The van der Waals surface area contributed by atoms with E-state index in [9.17, 15) is 14.4 Å². The van der Waals surface area contributed by atoms with Crippen LogP contribution in [-0.4, -0.2) is 53.6 Å². The first-order valence-corrected chi connectivity index (χ1v) is 13.1. The number of ketones is 1. The maximum atomic E-state index is 13.3. The van der Waals surface area contributed by atoms with Gasteiger partial charge in [-0.15, -0.1) is 0 Å². The molecule has 2 saturated heterocycles. The molecule has 0 spiro atoms. The largest absolute Gasteiger partial charge is 0.342 e. The third-order valence-electron chi connectivity index (χ3n) is 7.42. The Kier molecular flexibility index (Phi) is 8.04. The van der Waals surface area contributed by atoms with Gasteiger partial charge >= 0.3 is 0 Å². The summed E-state index contributed by atoms with van der Waals surface area (Å²) in [4.78, 5) is 43.0. The zero-order valence-corrected chi connectivity index (χ0v) is 21.3. The van der Waals surface area contributed by atoms with E-state index in [0.29, 0.717) is 50.5 Å². The minimum absolute atomic E-state index is 0.00576. The lowest BCUT2D eigenvalue weighted by molar-refractivity contribution is -0.138. The van der Waals surface area contributed by atoms with Gasteiger partial charge in [0.1, 0.15) is 0 Å². The van der Waals surface area contributed by atoms with E-state index in [4.69, 9.17) is 0 Å². The molecule has 5 heteroatoms. The van der Waals surface area contributed by atoms with Gasteiger partial charge < -0.3 is 9.80 Å². The summed E-state index contributed by atoms with van der Waals surface area (Å²) >= 11 is 0. The lowest BCUT2D eigenvalue weighted by Crippen LogP contribution is -2.49. The zero-order valence-electron chi connectivity index (χ0n) is 21.3. The van der Waals surface area contributed by atoms with Crippen molar-refractivity contribution in [3.63, 3.8) is 0 Å². The minimum Gasteiger partial charge on any atom is -0.342 e. The number of carbonyl (C=O) groups excluding carboxylic acids is 3. The maximum Gasteiger partial charge on any atom is 0.253 e. The Morgan fingerprint density at radius 2 is 1.43 bits per heavy atom. The van der Waals surface area contributed by atoms with E-state index in [0.717, 1.165) is 30.4 Å². The quantitative estimate of drug-likeness (QED) is 0.543. The fourth-order valence-corrected chi connectivity index (χ4v) is 5.37. The molecule has 2 aliphatic heterocycles. The highest BCUT2D eigenvalue weighted by Crippen LogP contribution is 2.26. The average molecular weight is 475 g/mol. The van der Waals surface area contributed by atoms with Crippen molar-refractivity contribution in [2.75, 3.05) is 26.2 Å². The average Bonchev–Trinajstić information content (AvgIpc) is 2.88. The molecule has 0 bridgehead atoms. The van der Waals surface area contributed by atoms with Crippen LogP contribution < -0.4 is 0 Å². The molecule has 1 atom stereocenters. The molecule has 2 heterocycles. The molecule has 0 N–H and O–H groups in total. The Morgan fingerprint density at radius 1 is 0.800 bits per heavy atom. The lowest BCUT2D eigenvalue weighted by Gasteiger charge is -2.37. The second kappa shape index (κ2) is 11.2. The van der Waals surface area contributed by atoms with Crippen LogP contribution in [0.5, 0.6) is 0 Å². The Morgan fingerprint density at radius 3 is 2.06 bits per heavy atom. The van der Waals surface area contributed by atoms with Crippen molar-refractivity contribution < 1.29 is 14.4 Å². The molecular weight excluding hydrogens is 436 g/mol. The molecule has 1 unspecified atom stereocenters. The molecule has 35 heavy (non-hydrogen) atoms. The molecule has 4 rings (SSSR count). The number of piperidine rings is 2. The molecule has 186 valence electrons. The smallest absolute Gasteiger partial charge is 0.253 e. The SMILES string of the molecule is Cc1ccc(C(=O)N2CCCC(C(=O)N3CCC(C(=O)c4ccc(CC(C)C)cc4)CC3)C2)cc1. The van der Waals surface area contributed by atoms with E-state index in [1.165, 1.54) is 5.56 Å². The number of nitrogens with zero attached hydrogens (tertiary/aromatic N) is 2. The first kappa shape index (κ1) is 25.2. The van der Waals surface area contributed by atoms with E-state index >= 15 is 0 Å². The van der Waals surface area contributed by atoms with Gasteiger partial charge in [-0.05, 0) is 62.6 Å². The summed E-state index contributed by atoms with van der Waals surface area (Å²) in [5, 5.41) is 0. The second-order valence-corrected chi connectivity index (χ2v) is 10.7. The molecular formula is C30H38N2O3. The first-order valence-electron chi connectivity index (χ1n) is 13.1. The third kappa shape index (κ3) is 6.19. The molecule has 0 saturated carbocycles. The van der Waals surface area contributed by atoms with Crippen LogP contribution in [0.15, 0.2) is 48.5 Å². The summed E-state index contributed by atoms with van der Waals surface area (Å²) in [7, 11) is 0. The van der Waals surface area contributed by atoms with Gasteiger partial charge in [0.2, 0.25) is 5.91 Å². The highest BCUT2D eigenvalue weighted by molar-refractivity contribution is 5.98. The van der Waals surface area contributed by atoms with Crippen molar-refractivity contribution >= 4 is 17.6 Å². The van der Waals surface area contributed by atoms with Crippen LogP contribution in [0.4, 0.5) is 0 Å². The summed E-state index contributed by atoms with van der Waals surface area (Å²) in [6, 6.07) is 15.7. The molecule has 2 fully saturated rings. The number of rotatable bonds is 6. The third-order valence-corrected chi connectivity index (χ3v) is 7.42. The minimum atomic E-state index is -0.154. The normalized spacial score (nSPS) is 19.1. The van der Waals surface area contributed by atoms with Crippen molar-refractivity contribution in [2.45, 2.75) is 52.9 Å². The topological polar surface area (TPSA) is 57.7 Å². The van der Waals surface area contributed by atoms with Gasteiger partial charge in [-0.2, -0.15) is 0 Å². The summed E-state index contributed by atoms with van der Waals surface area (Å²) < 4.78 is 0. The van der Waals surface area contributed by atoms with E-state index in [1.54, 1.807) is 0 Å². The summed E-state index contributed by atoms with van der Waals surface area (Å²) in [5.41, 5.74) is 3.85. The van der Waals surface area contributed by atoms with E-state index in [1.807, 2.05) is 53.1 Å². The van der Waals surface area contributed by atoms with E-state index in [-0.39, 0.29) is 29.4 Å². The Hall–Kier alpha value is -2.95. The predicted molar refractivity (Wildman–Crippen MR) is 138 cm³/mol. The fourth-order valence-electron chi connectivity index (χ4n) is 5.37. The standard InChI is InChI=1S/C30H38N2O3/c1-21(2)19-23-8-12-24(13-9-23)28(33)25-14-17-31(18-15-25)30(35)27-5-4-16-32(20-27)29(34)26-10-6-22(3)7-11-26/h6-13,21,25,27H,4-5,14-20H2,1-3H3. The molecule has 2 aliphatic rings. The first-order chi connectivity index (χ1) is 16.8. The van der Waals surface area contributed by atoms with Crippen LogP contribution in [0.1, 0.15) is 71.4 Å². The van der Waals surface area contributed by atoms with Crippen LogP contribution >= 0.6 is 0 Å². The summed E-state index contributed by atoms with van der Waals surface area (Å²) in [6.45, 7) is 8.80. The van der Waals surface area contributed by atoms with Crippen LogP contribution in [0.25, 0.3) is 0 Å². The van der Waals surface area contributed by atoms with E-state index < -0.39 is 0 Å². The fraction of sp³-hybridized carbons (Fsp3) is 0.500. The van der Waals surface area contributed by atoms with Gasteiger partial charge in [-0.25, -0.2) is 0 Å². The lowest BCUT2D eigenvalue weighted by atomic mass is 9.87. The van der Waals surface area contributed by atoms with Crippen LogP contribution in [-0.2, 0) is 11.2 Å². The van der Waals surface area contributed by atoms with Gasteiger partial charge in [-0.3, -0.25) is 14.4 Å². The van der Waals surface area contributed by atoms with Gasteiger partial charge in [0, 0.05) is 43.2 Å². The van der Waals surface area contributed by atoms with Gasteiger partial charge in [0.25, 0.3) is 5.91 Å². The van der Waals surface area contributed by atoms with Crippen molar-refractivity contribution in [2.24, 2.45) is 17.8 Å². The highest BCUT2D eigenvalue weighted by Gasteiger charge is 2.34. The number of hydrogen-bond acceptors (Lipinski definition) is 3. The Bertz CT molecular complexity index is 1030. The molecule has 0 radical (unpaired) electrons. The number of likely N-dealkylation sites (tertiary alicyclic amines) is 2. The van der Waals surface area contributed by atoms with Crippen molar-refractivity contribution in [1.82, 2.24) is 9.80 Å². The van der Waals surface area contributed by atoms with Gasteiger partial charge in [-0.1, -0.05) is 55.8 Å². The van der Waals surface area contributed by atoms with Crippen LogP contribution in [0, 0.1) is 24.7 Å². The maximum absolute atomic E-state index is 13.3. The van der Waals surface area contributed by atoms with Crippen LogP contribution in [0.3, 0.4) is 0 Å². The van der Waals surface area contributed by atoms with Gasteiger partial charge in [0.15, 0.2) is 5.78 Å². The number of carbonyl (C=O) groups is 3. The number of amides is 2. The zero-order chi connectivity index (χ0) is 24.9. The predicted octanol–water partition coefficient (Wildman–Crippen LogP) is 5.17. The van der Waals surface area contributed by atoms with Crippen molar-refractivity contribution in [1.29, 1.82) is 0 Å². The molecule has 2 aromatic rings. The Balaban J connectivity index is 1.30. The van der Waals surface area contributed by atoms with Crippen LogP contribution in [0.2, 0.25) is 0 Å². The monoisotopic (exact) mass is 474 g/mol. The highest BCUT2D eigenvalue weighted by atomic mass is 16.2. The molecule has 0 aliphatic carbocycles. The summed E-state index contributed by atoms with van der Waals surface area (Å²) in [5.74, 6) is 0.748. The molecule has 5 nitrogen and oxygen atoms in total. The van der Waals surface area contributed by atoms with Crippen molar-refractivity contribution in [3.05, 3.63) is 70.8 Å². The number of benzene rings is 2. The summed E-state index contributed by atoms with van der Waals surface area (Å²) in [6.07, 6.45) is 4.09. The number of aryl methyl sites for hydroxylation is 1. The Labute approximate surface area is 209 Å². The molecule has 2 aromatic carbocycles. The second-order valence-electron chi connectivity index (χ2n) is 10.7. The van der Waals surface area contributed by atoms with Gasteiger partial charge in [0.05, 0.1) is 5.92 Å².